The van der Waals surface area contributed by atoms with Gasteiger partial charge in [0.15, 0.2) is 0 Å². The van der Waals surface area contributed by atoms with Crippen LogP contribution in [0.2, 0.25) is 0 Å². The van der Waals surface area contributed by atoms with Crippen LogP contribution in [0.15, 0.2) is 47.4 Å². The molecule has 1 fully saturated rings. The van der Waals surface area contributed by atoms with E-state index in [-0.39, 0.29) is 28.3 Å². The van der Waals surface area contributed by atoms with E-state index in [4.69, 9.17) is 4.74 Å². The number of carbonyl (C=O) groups excluding carboxylic acids is 1. The summed E-state index contributed by atoms with van der Waals surface area (Å²) in [7, 11) is -4.02. The van der Waals surface area contributed by atoms with Crippen molar-refractivity contribution in [3.63, 3.8) is 0 Å². The number of benzene rings is 2. The Balaban J connectivity index is 1.70. The molecular formula is C22H27N3O6S. The first-order chi connectivity index (χ1) is 15.2. The number of rotatable bonds is 8. The molecule has 0 spiro atoms. The molecule has 1 aliphatic heterocycles. The third kappa shape index (κ3) is 5.63. The van der Waals surface area contributed by atoms with Crippen molar-refractivity contribution in [1.82, 2.24) is 4.90 Å². The number of carbonyl (C=O) groups is 1. The van der Waals surface area contributed by atoms with Gasteiger partial charge in [-0.1, -0.05) is 13.0 Å². The summed E-state index contributed by atoms with van der Waals surface area (Å²) in [5, 5.41) is 11.1. The molecular weight excluding hydrogens is 434 g/mol. The van der Waals surface area contributed by atoms with E-state index in [0.29, 0.717) is 30.8 Å². The molecule has 10 heteroatoms. The first-order valence-corrected chi connectivity index (χ1v) is 12.0. The molecule has 2 aromatic carbocycles. The van der Waals surface area contributed by atoms with Gasteiger partial charge in [-0.3, -0.25) is 19.6 Å². The normalized spacial score (nSPS) is 16.6. The van der Waals surface area contributed by atoms with Gasteiger partial charge >= 0.3 is 0 Å². The number of amides is 1. The van der Waals surface area contributed by atoms with E-state index < -0.39 is 14.9 Å². The SMILES string of the molecule is CCCOC1CCCN(C(=O)c2ccc(NS(=O)(=O)c3ccc(C)c([N+](=O)[O-])c3)cc2)C1. The van der Waals surface area contributed by atoms with Crippen molar-refractivity contribution in [3.8, 4) is 0 Å². The van der Waals surface area contributed by atoms with Gasteiger partial charge in [0.05, 0.1) is 15.9 Å². The molecule has 1 heterocycles. The average molecular weight is 462 g/mol. The van der Waals surface area contributed by atoms with Crippen LogP contribution in [0.3, 0.4) is 0 Å². The lowest BCUT2D eigenvalue weighted by molar-refractivity contribution is -0.385. The molecule has 1 saturated heterocycles. The molecule has 9 nitrogen and oxygen atoms in total. The van der Waals surface area contributed by atoms with Crippen molar-refractivity contribution in [2.45, 2.75) is 44.1 Å². The summed E-state index contributed by atoms with van der Waals surface area (Å²) in [5.74, 6) is -0.127. The largest absolute Gasteiger partial charge is 0.376 e. The molecule has 0 bridgehead atoms. The highest BCUT2D eigenvalue weighted by Crippen LogP contribution is 2.24. The van der Waals surface area contributed by atoms with E-state index in [1.807, 2.05) is 6.92 Å². The van der Waals surface area contributed by atoms with Crippen LogP contribution in [0.4, 0.5) is 11.4 Å². The standard InChI is InChI=1S/C22H27N3O6S/c1-3-13-31-19-5-4-12-24(15-19)22(26)17-7-9-18(10-8-17)23-32(29,30)20-11-6-16(2)21(14-20)25(27)28/h6-11,14,19,23H,3-5,12-13,15H2,1-2H3. The summed E-state index contributed by atoms with van der Waals surface area (Å²) < 4.78 is 33.5. The van der Waals surface area contributed by atoms with Crippen LogP contribution in [0.25, 0.3) is 0 Å². The summed E-state index contributed by atoms with van der Waals surface area (Å²) in [4.78, 5) is 24.9. The van der Waals surface area contributed by atoms with Gasteiger partial charge in [-0.05, 0) is 56.5 Å². The van der Waals surface area contributed by atoms with Crippen molar-refractivity contribution in [1.29, 1.82) is 0 Å². The maximum absolute atomic E-state index is 12.8. The van der Waals surface area contributed by atoms with Crippen molar-refractivity contribution < 1.29 is 22.9 Å². The molecule has 0 aromatic heterocycles. The van der Waals surface area contributed by atoms with Crippen LogP contribution < -0.4 is 4.72 Å². The number of hydrogen-bond donors (Lipinski definition) is 1. The summed E-state index contributed by atoms with van der Waals surface area (Å²) in [6.45, 7) is 5.45. The molecule has 1 atom stereocenters. The number of anilines is 1. The van der Waals surface area contributed by atoms with Crippen molar-refractivity contribution in [3.05, 3.63) is 63.7 Å². The van der Waals surface area contributed by atoms with Gasteiger partial charge in [0.25, 0.3) is 21.6 Å². The highest BCUT2D eigenvalue weighted by atomic mass is 32.2. The van der Waals surface area contributed by atoms with Crippen LogP contribution in [-0.2, 0) is 14.8 Å². The minimum absolute atomic E-state index is 0.0392. The summed E-state index contributed by atoms with van der Waals surface area (Å²) in [6.07, 6.45) is 2.78. The Kier molecular flexibility index (Phi) is 7.47. The van der Waals surface area contributed by atoms with E-state index in [1.165, 1.54) is 31.2 Å². The predicted molar refractivity (Wildman–Crippen MR) is 120 cm³/mol. The minimum atomic E-state index is -4.02. The summed E-state index contributed by atoms with van der Waals surface area (Å²) >= 11 is 0. The van der Waals surface area contributed by atoms with Gasteiger partial charge in [0.2, 0.25) is 0 Å². The van der Waals surface area contributed by atoms with E-state index >= 15 is 0 Å². The van der Waals surface area contributed by atoms with Crippen LogP contribution in [0.5, 0.6) is 0 Å². The number of nitrogens with zero attached hydrogens (tertiary/aromatic N) is 2. The molecule has 1 unspecified atom stereocenters. The van der Waals surface area contributed by atoms with Crippen molar-refractivity contribution >= 4 is 27.3 Å². The zero-order valence-electron chi connectivity index (χ0n) is 18.1. The zero-order chi connectivity index (χ0) is 23.3. The third-order valence-corrected chi connectivity index (χ3v) is 6.67. The number of hydrogen-bond acceptors (Lipinski definition) is 6. The predicted octanol–water partition coefficient (Wildman–Crippen LogP) is 3.74. The smallest absolute Gasteiger partial charge is 0.273 e. The Morgan fingerprint density at radius 2 is 1.97 bits per heavy atom. The highest BCUT2D eigenvalue weighted by molar-refractivity contribution is 7.92. The van der Waals surface area contributed by atoms with E-state index in [9.17, 15) is 23.3 Å². The molecule has 172 valence electrons. The Labute approximate surface area is 187 Å². The maximum atomic E-state index is 12.8. The molecule has 1 aliphatic rings. The number of likely N-dealkylation sites (tertiary alicyclic amines) is 1. The molecule has 2 aromatic rings. The zero-order valence-corrected chi connectivity index (χ0v) is 18.9. The quantitative estimate of drug-likeness (QED) is 0.473. The average Bonchev–Trinajstić information content (AvgIpc) is 2.77. The first kappa shape index (κ1) is 23.7. The molecule has 1 N–H and O–H groups in total. The lowest BCUT2D eigenvalue weighted by atomic mass is 10.1. The van der Waals surface area contributed by atoms with Gasteiger partial charge < -0.3 is 9.64 Å². The molecule has 0 radical (unpaired) electrons. The second kappa shape index (κ2) is 10.1. The topological polar surface area (TPSA) is 119 Å². The molecule has 1 amide bonds. The minimum Gasteiger partial charge on any atom is -0.376 e. The van der Waals surface area contributed by atoms with Gasteiger partial charge in [-0.15, -0.1) is 0 Å². The second-order valence-corrected chi connectivity index (χ2v) is 9.46. The Morgan fingerprint density at radius 1 is 1.25 bits per heavy atom. The maximum Gasteiger partial charge on any atom is 0.273 e. The fraction of sp³-hybridized carbons (Fsp3) is 0.409. The number of aryl methyl sites for hydroxylation is 1. The summed E-state index contributed by atoms with van der Waals surface area (Å²) in [5.41, 5.74) is 0.816. The van der Waals surface area contributed by atoms with Gasteiger partial charge in [-0.25, -0.2) is 8.42 Å². The molecule has 32 heavy (non-hydrogen) atoms. The first-order valence-electron chi connectivity index (χ1n) is 10.5. The third-order valence-electron chi connectivity index (χ3n) is 5.29. The number of nitro groups is 1. The van der Waals surface area contributed by atoms with Crippen LogP contribution >= 0.6 is 0 Å². The van der Waals surface area contributed by atoms with Gasteiger partial charge in [-0.2, -0.15) is 0 Å². The molecule has 0 saturated carbocycles. The molecule has 0 aliphatic carbocycles. The van der Waals surface area contributed by atoms with E-state index in [0.717, 1.165) is 25.3 Å². The number of piperidine rings is 1. The van der Waals surface area contributed by atoms with E-state index in [1.54, 1.807) is 17.0 Å². The van der Waals surface area contributed by atoms with Crippen LogP contribution in [0.1, 0.15) is 42.1 Å². The monoisotopic (exact) mass is 461 g/mol. The van der Waals surface area contributed by atoms with Crippen molar-refractivity contribution in [2.75, 3.05) is 24.4 Å². The van der Waals surface area contributed by atoms with Crippen LogP contribution in [-0.4, -0.2) is 49.9 Å². The second-order valence-electron chi connectivity index (χ2n) is 7.77. The Morgan fingerprint density at radius 3 is 2.62 bits per heavy atom. The lowest BCUT2D eigenvalue weighted by Crippen LogP contribution is -2.43. The van der Waals surface area contributed by atoms with E-state index in [2.05, 4.69) is 4.72 Å². The van der Waals surface area contributed by atoms with Gasteiger partial charge in [0.1, 0.15) is 0 Å². The summed E-state index contributed by atoms with van der Waals surface area (Å²) in [6, 6.07) is 9.87. The number of nitro benzene ring substituents is 1. The van der Waals surface area contributed by atoms with Gasteiger partial charge in [0, 0.05) is 42.6 Å². The number of ether oxygens (including phenoxy) is 1. The highest BCUT2D eigenvalue weighted by Gasteiger charge is 2.25. The van der Waals surface area contributed by atoms with Crippen LogP contribution in [0, 0.1) is 17.0 Å². The molecule has 3 rings (SSSR count). The fourth-order valence-corrected chi connectivity index (χ4v) is 4.65. The van der Waals surface area contributed by atoms with Crippen molar-refractivity contribution in [2.24, 2.45) is 0 Å². The Hall–Kier alpha value is -2.98. The number of nitrogens with one attached hydrogen (secondary N) is 1. The lowest BCUT2D eigenvalue weighted by Gasteiger charge is -2.32. The fourth-order valence-electron chi connectivity index (χ4n) is 3.57. The Bertz CT molecular complexity index is 1090. The number of sulfonamides is 1.